The SMILES string of the molecule is [SiH3][SiH](Cc1ccccc1)Cc1ccccc1. The summed E-state index contributed by atoms with van der Waals surface area (Å²) in [5.41, 5.74) is 3.06. The summed E-state index contributed by atoms with van der Waals surface area (Å²) in [7, 11) is 0.881. The fourth-order valence-corrected chi connectivity index (χ4v) is 7.23. The summed E-state index contributed by atoms with van der Waals surface area (Å²) in [6, 6.07) is 24.6. The molecular formula is C14H18Si2. The van der Waals surface area contributed by atoms with Gasteiger partial charge in [-0.15, -0.1) is 0 Å². The zero-order valence-corrected chi connectivity index (χ0v) is 12.9. The average molecular weight is 242 g/mol. The summed E-state index contributed by atoms with van der Waals surface area (Å²) >= 11 is 0. The second-order valence-electron chi connectivity index (χ2n) is 4.48. The van der Waals surface area contributed by atoms with Crippen molar-refractivity contribution in [1.82, 2.24) is 0 Å². The first kappa shape index (κ1) is 11.4. The fraction of sp³-hybridized carbons (Fsp3) is 0.143. The molecule has 16 heavy (non-hydrogen) atoms. The second kappa shape index (κ2) is 5.82. The van der Waals surface area contributed by atoms with Crippen molar-refractivity contribution >= 4 is 18.1 Å². The van der Waals surface area contributed by atoms with E-state index in [1.54, 1.807) is 0 Å². The fourth-order valence-electron chi connectivity index (χ4n) is 2.11. The maximum Gasteiger partial charge on any atom is 0.0297 e. The molecule has 0 saturated carbocycles. The predicted molar refractivity (Wildman–Crippen MR) is 77.4 cm³/mol. The number of hydrogen-bond acceptors (Lipinski definition) is 0. The summed E-state index contributed by atoms with van der Waals surface area (Å²) in [6.07, 6.45) is 0. The normalized spacial score (nSPS) is 10.8. The van der Waals surface area contributed by atoms with E-state index < -0.39 is 8.31 Å². The zero-order chi connectivity index (χ0) is 11.2. The van der Waals surface area contributed by atoms with Gasteiger partial charge in [-0.3, -0.25) is 0 Å². The molecule has 82 valence electrons. The molecule has 2 aromatic rings. The summed E-state index contributed by atoms with van der Waals surface area (Å²) in [6.45, 7) is 0. The lowest BCUT2D eigenvalue weighted by Gasteiger charge is -2.09. The molecule has 2 heteroatoms. The van der Waals surface area contributed by atoms with E-state index in [1.165, 1.54) is 33.0 Å². The van der Waals surface area contributed by atoms with E-state index in [4.69, 9.17) is 0 Å². The molecule has 0 radical (unpaired) electrons. The highest BCUT2D eigenvalue weighted by Crippen LogP contribution is 2.06. The van der Waals surface area contributed by atoms with Crippen molar-refractivity contribution in [2.75, 3.05) is 0 Å². The van der Waals surface area contributed by atoms with Crippen LogP contribution in [0.2, 0.25) is 0 Å². The smallest absolute Gasteiger partial charge is 0.0297 e. The summed E-state index contributed by atoms with van der Waals surface area (Å²) in [5, 5.41) is 0. The quantitative estimate of drug-likeness (QED) is 0.715. The molecule has 0 aromatic heterocycles. The summed E-state index contributed by atoms with van der Waals surface area (Å²) in [5.74, 6) is 0. The van der Waals surface area contributed by atoms with Crippen LogP contribution in [0.5, 0.6) is 0 Å². The van der Waals surface area contributed by atoms with E-state index in [0.29, 0.717) is 0 Å². The highest BCUT2D eigenvalue weighted by Gasteiger charge is 2.05. The standard InChI is InChI=1S/C14H18Si2/c15-16(11-13-7-3-1-4-8-13)12-14-9-5-2-6-10-14/h1-10,16H,11-12H2,15H3. The van der Waals surface area contributed by atoms with Crippen LogP contribution in [-0.4, -0.2) is 18.1 Å². The lowest BCUT2D eigenvalue weighted by atomic mass is 10.2. The van der Waals surface area contributed by atoms with Gasteiger partial charge in [-0.2, -0.15) is 0 Å². The summed E-state index contributed by atoms with van der Waals surface area (Å²) < 4.78 is 0. The minimum atomic E-state index is -0.517. The van der Waals surface area contributed by atoms with Gasteiger partial charge in [0.1, 0.15) is 0 Å². The molecule has 0 N–H and O–H groups in total. The van der Waals surface area contributed by atoms with Gasteiger partial charge in [-0.1, -0.05) is 71.8 Å². The molecule has 0 spiro atoms. The van der Waals surface area contributed by atoms with E-state index in [9.17, 15) is 0 Å². The van der Waals surface area contributed by atoms with Crippen molar-refractivity contribution < 1.29 is 0 Å². The Labute approximate surface area is 102 Å². The predicted octanol–water partition coefficient (Wildman–Crippen LogP) is 1.64. The molecular weight excluding hydrogens is 224 g/mol. The van der Waals surface area contributed by atoms with E-state index >= 15 is 0 Å². The van der Waals surface area contributed by atoms with Crippen LogP contribution in [0.3, 0.4) is 0 Å². The molecule has 0 unspecified atom stereocenters. The zero-order valence-electron chi connectivity index (χ0n) is 9.77. The van der Waals surface area contributed by atoms with Crippen LogP contribution in [0.4, 0.5) is 0 Å². The van der Waals surface area contributed by atoms with Crippen molar-refractivity contribution in [2.24, 2.45) is 0 Å². The summed E-state index contributed by atoms with van der Waals surface area (Å²) in [4.78, 5) is 0. The molecule has 2 rings (SSSR count). The third-order valence-corrected chi connectivity index (χ3v) is 7.64. The van der Waals surface area contributed by atoms with Gasteiger partial charge in [0, 0.05) is 8.31 Å². The van der Waals surface area contributed by atoms with Crippen LogP contribution in [0, 0.1) is 0 Å². The van der Waals surface area contributed by atoms with Gasteiger partial charge in [0.2, 0.25) is 0 Å². The van der Waals surface area contributed by atoms with Gasteiger partial charge in [-0.25, -0.2) is 0 Å². The molecule has 0 nitrogen and oxygen atoms in total. The van der Waals surface area contributed by atoms with E-state index in [0.717, 1.165) is 0 Å². The monoisotopic (exact) mass is 242 g/mol. The first-order chi connectivity index (χ1) is 7.84. The lowest BCUT2D eigenvalue weighted by molar-refractivity contribution is 1.29. The molecule has 0 amide bonds. The van der Waals surface area contributed by atoms with E-state index in [-0.39, 0.29) is 0 Å². The Kier molecular flexibility index (Phi) is 4.13. The highest BCUT2D eigenvalue weighted by molar-refractivity contribution is 7.02. The van der Waals surface area contributed by atoms with Crippen molar-refractivity contribution in [3.8, 4) is 0 Å². The van der Waals surface area contributed by atoms with Crippen molar-refractivity contribution in [1.29, 1.82) is 0 Å². The molecule has 0 aliphatic heterocycles. The molecule has 0 aliphatic carbocycles. The maximum absolute atomic E-state index is 2.27. The highest BCUT2D eigenvalue weighted by atomic mass is 29.1. The molecule has 0 aliphatic rings. The Balaban J connectivity index is 1.92. The molecule has 0 fully saturated rings. The van der Waals surface area contributed by atoms with Gasteiger partial charge < -0.3 is 0 Å². The Morgan fingerprint density at radius 1 is 0.688 bits per heavy atom. The Bertz CT molecular complexity index is 370. The molecule has 0 atom stereocenters. The van der Waals surface area contributed by atoms with Crippen LogP contribution < -0.4 is 0 Å². The molecule has 0 saturated heterocycles. The van der Waals surface area contributed by atoms with Crippen LogP contribution in [0.1, 0.15) is 11.1 Å². The minimum Gasteiger partial charge on any atom is -0.0622 e. The van der Waals surface area contributed by atoms with Gasteiger partial charge in [0.25, 0.3) is 0 Å². The Hall–Kier alpha value is -1.13. The Morgan fingerprint density at radius 3 is 1.44 bits per heavy atom. The lowest BCUT2D eigenvalue weighted by Crippen LogP contribution is -2.21. The van der Waals surface area contributed by atoms with Crippen molar-refractivity contribution in [2.45, 2.75) is 12.1 Å². The topological polar surface area (TPSA) is 0 Å². The third-order valence-electron chi connectivity index (χ3n) is 2.85. The first-order valence-corrected chi connectivity index (χ1v) is 12.2. The molecule has 0 heterocycles. The Morgan fingerprint density at radius 2 is 1.06 bits per heavy atom. The number of benzene rings is 2. The first-order valence-electron chi connectivity index (χ1n) is 5.92. The van der Waals surface area contributed by atoms with Crippen LogP contribution in [0.15, 0.2) is 60.7 Å². The van der Waals surface area contributed by atoms with Gasteiger partial charge >= 0.3 is 0 Å². The third kappa shape index (κ3) is 3.47. The van der Waals surface area contributed by atoms with E-state index in [2.05, 4.69) is 60.7 Å². The van der Waals surface area contributed by atoms with E-state index in [1.807, 2.05) is 0 Å². The van der Waals surface area contributed by atoms with Crippen LogP contribution >= 0.6 is 0 Å². The number of hydrogen-bond donors (Lipinski definition) is 0. The minimum absolute atomic E-state index is 0.517. The number of rotatable bonds is 4. The average Bonchev–Trinajstić information content (AvgIpc) is 2.31. The van der Waals surface area contributed by atoms with Crippen molar-refractivity contribution in [3.05, 3.63) is 71.8 Å². The largest absolute Gasteiger partial charge is 0.0622 e. The second-order valence-corrected chi connectivity index (χ2v) is 12.4. The van der Waals surface area contributed by atoms with Gasteiger partial charge in [-0.05, 0) is 21.8 Å². The van der Waals surface area contributed by atoms with Gasteiger partial charge in [0.05, 0.1) is 0 Å². The van der Waals surface area contributed by atoms with Gasteiger partial charge in [0.15, 0.2) is 0 Å². The van der Waals surface area contributed by atoms with Crippen molar-refractivity contribution in [3.63, 3.8) is 0 Å². The molecule has 0 bridgehead atoms. The molecule has 2 aromatic carbocycles. The maximum atomic E-state index is 2.27. The van der Waals surface area contributed by atoms with Crippen LogP contribution in [-0.2, 0) is 12.1 Å². The van der Waals surface area contributed by atoms with Crippen LogP contribution in [0.25, 0.3) is 0 Å².